The number of hydrogen-bond acceptors (Lipinski definition) is 6. The minimum absolute atomic E-state index is 0.558. The monoisotopic (exact) mass is 871 g/mol. The lowest BCUT2D eigenvalue weighted by atomic mass is 9.88. The van der Waals surface area contributed by atoms with Gasteiger partial charge >= 0.3 is 83.3 Å². The predicted octanol–water partition coefficient (Wildman–Crippen LogP) is 6.92. The Hall–Kier alpha value is -1.82. The van der Waals surface area contributed by atoms with Gasteiger partial charge in [0, 0.05) is 25.1 Å². The summed E-state index contributed by atoms with van der Waals surface area (Å²) in [7, 11) is -12.1. The topological polar surface area (TPSA) is 102 Å². The molecule has 0 unspecified atom stereocenters. The van der Waals surface area contributed by atoms with E-state index in [1.807, 2.05) is 0 Å². The Bertz CT molecular complexity index is 1250. The zero-order valence-corrected chi connectivity index (χ0v) is 26.0. The molecule has 0 aromatic heterocycles. The zero-order valence-electron chi connectivity index (χ0n) is 24.0. The van der Waals surface area contributed by atoms with E-state index in [1.54, 1.807) is 5.32 Å². The summed E-state index contributed by atoms with van der Waals surface area (Å²) >= 11 is 0. The van der Waals surface area contributed by atoms with E-state index in [9.17, 15) is 129 Å². The SMILES string of the molecule is O[Si](O)(CCCNC/C=C(\F)C(F)(F)C(F)(F)C(F)(F)F)O[Si](O)(O)CCC(F)(F)C(F)(F)C(F)(F)C(F)(F)C(F)(F)C(F)(F)C(F)(F)C(F)(F)F. The van der Waals surface area contributed by atoms with Gasteiger partial charge in [-0.05, 0) is 19.0 Å². The van der Waals surface area contributed by atoms with Gasteiger partial charge in [0.15, 0.2) is 5.83 Å². The molecule has 0 saturated heterocycles. The summed E-state index contributed by atoms with van der Waals surface area (Å²) in [6.07, 6.45) is -19.7. The van der Waals surface area contributed by atoms with Gasteiger partial charge in [-0.2, -0.15) is 105 Å². The average molecular weight is 871 g/mol. The molecule has 6 nitrogen and oxygen atoms in total. The molecule has 0 saturated carbocycles. The molecular weight excluding hydrogens is 853 g/mol. The first-order chi connectivity index (χ1) is 22.3. The van der Waals surface area contributed by atoms with Crippen LogP contribution in [0.2, 0.25) is 12.1 Å². The van der Waals surface area contributed by atoms with Gasteiger partial charge in [-0.1, -0.05) is 0 Å². The van der Waals surface area contributed by atoms with Crippen molar-refractivity contribution in [2.75, 3.05) is 13.1 Å². The minimum atomic E-state index is -8.91. The van der Waals surface area contributed by atoms with Crippen LogP contribution < -0.4 is 5.32 Å². The van der Waals surface area contributed by atoms with Crippen molar-refractivity contribution in [1.82, 2.24) is 5.32 Å². The molecular formula is C19H18F25NO5Si2. The summed E-state index contributed by atoms with van der Waals surface area (Å²) in [6, 6.07) is -4.02. The molecule has 5 N–H and O–H groups in total. The fraction of sp³-hybridized carbons (Fsp3) is 0.895. The predicted molar refractivity (Wildman–Crippen MR) is 119 cm³/mol. The van der Waals surface area contributed by atoms with Crippen LogP contribution >= 0.6 is 0 Å². The molecule has 0 fully saturated rings. The second kappa shape index (κ2) is 14.7. The van der Waals surface area contributed by atoms with E-state index < -0.39 is 133 Å². The van der Waals surface area contributed by atoms with Gasteiger partial charge in [0.25, 0.3) is 0 Å². The molecule has 0 aromatic carbocycles. The van der Waals surface area contributed by atoms with Crippen molar-refractivity contribution in [2.45, 2.75) is 90.6 Å². The summed E-state index contributed by atoms with van der Waals surface area (Å²) in [4.78, 5) is 38.3. The number of nitrogens with one attached hydrogen (secondary N) is 1. The summed E-state index contributed by atoms with van der Waals surface area (Å²) in [5, 5.41) is 1.78. The highest BCUT2D eigenvalue weighted by molar-refractivity contribution is 6.72. The molecule has 33 heteroatoms. The number of allylic oxidation sites excluding steroid dienone is 1. The number of rotatable bonds is 19. The van der Waals surface area contributed by atoms with Crippen molar-refractivity contribution >= 4 is 17.6 Å². The van der Waals surface area contributed by atoms with Crippen LogP contribution in [-0.4, -0.2) is 116 Å². The lowest BCUT2D eigenvalue weighted by Crippen LogP contribution is -2.74. The van der Waals surface area contributed by atoms with Crippen molar-refractivity contribution in [3.63, 3.8) is 0 Å². The Morgan fingerprint density at radius 2 is 0.846 bits per heavy atom. The molecule has 0 aromatic rings. The summed E-state index contributed by atoms with van der Waals surface area (Å²) in [5.74, 6) is -75.6. The first-order valence-electron chi connectivity index (χ1n) is 12.5. The van der Waals surface area contributed by atoms with Crippen molar-refractivity contribution in [3.8, 4) is 0 Å². The molecule has 0 rings (SSSR count). The summed E-state index contributed by atoms with van der Waals surface area (Å²) in [6.45, 7) is -2.16. The first-order valence-corrected chi connectivity index (χ1v) is 16.5. The van der Waals surface area contributed by atoms with E-state index in [0.29, 0.717) is 0 Å². The molecule has 52 heavy (non-hydrogen) atoms. The second-order valence-electron chi connectivity index (χ2n) is 10.2. The maximum atomic E-state index is 14.0. The molecule has 0 heterocycles. The van der Waals surface area contributed by atoms with E-state index in [4.69, 9.17) is 0 Å². The molecule has 0 atom stereocenters. The van der Waals surface area contributed by atoms with E-state index in [1.165, 1.54) is 0 Å². The number of alkyl halides is 24. The summed E-state index contributed by atoms with van der Waals surface area (Å²) < 4.78 is 331. The van der Waals surface area contributed by atoms with Gasteiger partial charge in [0.2, 0.25) is 0 Å². The maximum Gasteiger partial charge on any atom is 0.488 e. The Balaban J connectivity index is 5.72. The molecule has 0 aliphatic rings. The van der Waals surface area contributed by atoms with Gasteiger partial charge in [0.05, 0.1) is 0 Å². The molecule has 0 spiro atoms. The number of hydrogen-bond donors (Lipinski definition) is 5. The van der Waals surface area contributed by atoms with Crippen LogP contribution in [0.4, 0.5) is 110 Å². The Kier molecular flexibility index (Phi) is 14.2. The Labute approximate surface area is 272 Å². The van der Waals surface area contributed by atoms with Crippen LogP contribution in [-0.2, 0) is 4.12 Å². The molecule has 312 valence electrons. The van der Waals surface area contributed by atoms with Gasteiger partial charge in [-0.15, -0.1) is 0 Å². The van der Waals surface area contributed by atoms with E-state index in [0.717, 1.165) is 0 Å². The highest BCUT2D eigenvalue weighted by Crippen LogP contribution is 2.64. The van der Waals surface area contributed by atoms with Crippen LogP contribution in [0.15, 0.2) is 11.9 Å². The third kappa shape index (κ3) is 9.17. The van der Waals surface area contributed by atoms with Crippen molar-refractivity contribution < 1.29 is 133 Å². The molecule has 0 aliphatic heterocycles. The molecule has 0 amide bonds. The second-order valence-corrected chi connectivity index (χ2v) is 15.0. The maximum absolute atomic E-state index is 14.0. The van der Waals surface area contributed by atoms with Gasteiger partial charge in [0.1, 0.15) is 0 Å². The Morgan fingerprint density at radius 1 is 0.500 bits per heavy atom. The fourth-order valence-corrected chi connectivity index (χ4v) is 7.39. The average Bonchev–Trinajstić information content (AvgIpc) is 2.91. The highest BCUT2D eigenvalue weighted by atomic mass is 28.5. The van der Waals surface area contributed by atoms with E-state index in [-0.39, 0.29) is 0 Å². The van der Waals surface area contributed by atoms with E-state index >= 15 is 0 Å². The molecule has 0 radical (unpaired) electrons. The van der Waals surface area contributed by atoms with Crippen LogP contribution in [0.3, 0.4) is 0 Å². The standard InChI is InChI=1S/C19H18F25NO5Si2/c20-8(10(23,24)12(27,28)18(39,40)41)2-5-45-4-1-6-51(46,47)50-52(48,49)7-3-9(21,22)11(25,26)13(29,30)14(31,32)15(33,34)16(35,36)17(37,38)19(42,43)44/h2,45-49H,1,3-7H2/b8-2-. The smallest absolute Gasteiger partial charge is 0.390 e. The van der Waals surface area contributed by atoms with Gasteiger partial charge in [-0.3, -0.25) is 0 Å². The highest BCUT2D eigenvalue weighted by Gasteiger charge is 2.95. The van der Waals surface area contributed by atoms with E-state index in [2.05, 4.69) is 4.12 Å². The van der Waals surface area contributed by atoms with Crippen molar-refractivity contribution in [3.05, 3.63) is 11.9 Å². The van der Waals surface area contributed by atoms with Gasteiger partial charge < -0.3 is 28.6 Å². The van der Waals surface area contributed by atoms with Crippen LogP contribution in [0.1, 0.15) is 12.8 Å². The van der Waals surface area contributed by atoms with Crippen molar-refractivity contribution in [1.29, 1.82) is 0 Å². The third-order valence-electron chi connectivity index (χ3n) is 6.21. The quantitative estimate of drug-likeness (QED) is 0.0550. The normalized spacial score (nSPS) is 16.5. The lowest BCUT2D eigenvalue weighted by molar-refractivity contribution is -0.461. The third-order valence-corrected chi connectivity index (χ3v) is 10.7. The first kappa shape index (κ1) is 50.2. The lowest BCUT2D eigenvalue weighted by Gasteiger charge is -2.43. The minimum Gasteiger partial charge on any atom is -0.390 e. The summed E-state index contributed by atoms with van der Waals surface area (Å²) in [5.41, 5.74) is 0. The van der Waals surface area contributed by atoms with Gasteiger partial charge in [-0.25, -0.2) is 4.39 Å². The fourth-order valence-electron chi connectivity index (χ4n) is 3.20. The van der Waals surface area contributed by atoms with Crippen molar-refractivity contribution in [2.24, 2.45) is 0 Å². The zero-order chi connectivity index (χ0) is 42.4. The van der Waals surface area contributed by atoms with Crippen LogP contribution in [0.5, 0.6) is 0 Å². The molecule has 0 aliphatic carbocycles. The van der Waals surface area contributed by atoms with Crippen LogP contribution in [0.25, 0.3) is 0 Å². The molecule has 0 bridgehead atoms. The number of halogens is 25. The Morgan fingerprint density at radius 3 is 1.23 bits per heavy atom. The van der Waals surface area contributed by atoms with Crippen LogP contribution in [0, 0.1) is 0 Å². The largest absolute Gasteiger partial charge is 0.488 e.